The average Bonchev–Trinajstić information content (AvgIpc) is 2.29. The number of rotatable bonds is 1. The van der Waals surface area contributed by atoms with E-state index in [1.165, 1.54) is 24.7 Å². The van der Waals surface area contributed by atoms with Crippen LogP contribution in [-0.4, -0.2) is 9.97 Å². The quantitative estimate of drug-likeness (QED) is 0.832. The molecule has 0 atom stereocenters. The van der Waals surface area contributed by atoms with Crippen molar-refractivity contribution in [3.8, 4) is 11.1 Å². The van der Waals surface area contributed by atoms with Crippen LogP contribution in [0.3, 0.4) is 0 Å². The highest BCUT2D eigenvalue weighted by Crippen LogP contribution is 2.31. The summed E-state index contributed by atoms with van der Waals surface area (Å²) in [4.78, 5) is 7.55. The molecule has 0 aliphatic carbocycles. The van der Waals surface area contributed by atoms with Gasteiger partial charge in [-0.15, -0.1) is 0 Å². The Balaban J connectivity index is 2.40. The summed E-state index contributed by atoms with van der Waals surface area (Å²) in [5.74, 6) is 0.236. The monoisotopic (exact) mass is 239 g/mol. The van der Waals surface area contributed by atoms with Gasteiger partial charge in [0.05, 0.1) is 5.56 Å². The van der Waals surface area contributed by atoms with Crippen LogP contribution in [0.5, 0.6) is 0 Å². The Morgan fingerprint density at radius 1 is 1.06 bits per heavy atom. The highest BCUT2D eigenvalue weighted by molar-refractivity contribution is 5.72. The molecule has 0 bridgehead atoms. The van der Waals surface area contributed by atoms with E-state index in [-0.39, 0.29) is 5.82 Å². The van der Waals surface area contributed by atoms with Crippen molar-refractivity contribution in [1.29, 1.82) is 0 Å². The maximum Gasteiger partial charge on any atom is 0.416 e. The second-order valence-corrected chi connectivity index (χ2v) is 3.40. The Hall–Kier alpha value is -2.11. The van der Waals surface area contributed by atoms with Gasteiger partial charge in [0.25, 0.3) is 0 Å². The predicted octanol–water partition coefficient (Wildman–Crippen LogP) is 2.74. The van der Waals surface area contributed by atoms with Crippen molar-refractivity contribution >= 4 is 5.82 Å². The molecule has 3 nitrogen and oxygen atoms in total. The summed E-state index contributed by atoms with van der Waals surface area (Å²) in [6, 6.07) is 4.69. The highest BCUT2D eigenvalue weighted by atomic mass is 19.4. The number of anilines is 1. The smallest absolute Gasteiger partial charge is 0.383 e. The number of nitrogens with zero attached hydrogens (tertiary/aromatic N) is 2. The van der Waals surface area contributed by atoms with E-state index in [1.807, 2.05) is 0 Å². The van der Waals surface area contributed by atoms with E-state index in [0.29, 0.717) is 11.1 Å². The maximum absolute atomic E-state index is 12.4. The molecule has 0 spiro atoms. The zero-order valence-corrected chi connectivity index (χ0v) is 8.57. The van der Waals surface area contributed by atoms with Crippen molar-refractivity contribution < 1.29 is 13.2 Å². The summed E-state index contributed by atoms with van der Waals surface area (Å²) in [7, 11) is 0. The van der Waals surface area contributed by atoms with Gasteiger partial charge in [-0.25, -0.2) is 9.97 Å². The van der Waals surface area contributed by atoms with Gasteiger partial charge in [-0.05, 0) is 17.7 Å². The van der Waals surface area contributed by atoms with Gasteiger partial charge in [-0.3, -0.25) is 0 Å². The van der Waals surface area contributed by atoms with Crippen LogP contribution in [0.2, 0.25) is 0 Å². The van der Waals surface area contributed by atoms with E-state index < -0.39 is 11.7 Å². The molecule has 0 radical (unpaired) electrons. The number of halogens is 3. The first-order chi connectivity index (χ1) is 7.98. The summed E-state index contributed by atoms with van der Waals surface area (Å²) >= 11 is 0. The van der Waals surface area contributed by atoms with Crippen LogP contribution in [0, 0.1) is 0 Å². The Kier molecular flexibility index (Phi) is 2.71. The van der Waals surface area contributed by atoms with Gasteiger partial charge in [-0.1, -0.05) is 12.1 Å². The zero-order chi connectivity index (χ0) is 12.5. The van der Waals surface area contributed by atoms with E-state index in [0.717, 1.165) is 12.1 Å². The number of alkyl halides is 3. The SMILES string of the molecule is Nc1ncncc1-c1ccc(C(F)(F)F)cc1. The molecule has 6 heteroatoms. The Bertz CT molecular complexity index is 520. The summed E-state index contributed by atoms with van der Waals surface area (Å²) in [5, 5.41) is 0. The minimum absolute atomic E-state index is 0.236. The molecule has 1 heterocycles. The molecule has 0 saturated carbocycles. The van der Waals surface area contributed by atoms with Crippen molar-refractivity contribution in [2.24, 2.45) is 0 Å². The summed E-state index contributed by atoms with van der Waals surface area (Å²) in [5.41, 5.74) is 5.97. The summed E-state index contributed by atoms with van der Waals surface area (Å²) < 4.78 is 37.1. The lowest BCUT2D eigenvalue weighted by Crippen LogP contribution is -2.04. The molecule has 2 aromatic rings. The van der Waals surface area contributed by atoms with Crippen LogP contribution in [0.25, 0.3) is 11.1 Å². The van der Waals surface area contributed by atoms with Gasteiger partial charge in [0, 0.05) is 11.8 Å². The number of nitrogens with two attached hydrogens (primary N) is 1. The van der Waals surface area contributed by atoms with Crippen LogP contribution >= 0.6 is 0 Å². The Morgan fingerprint density at radius 3 is 2.24 bits per heavy atom. The highest BCUT2D eigenvalue weighted by Gasteiger charge is 2.30. The van der Waals surface area contributed by atoms with Crippen molar-refractivity contribution in [3.63, 3.8) is 0 Å². The molecule has 1 aromatic carbocycles. The molecule has 0 fully saturated rings. The minimum Gasteiger partial charge on any atom is -0.383 e. The standard InChI is InChI=1S/C11H8F3N3/c12-11(13,14)8-3-1-7(2-4-8)9-5-16-6-17-10(9)15/h1-6H,(H2,15,16,17). The molecule has 2 rings (SSSR count). The lowest BCUT2D eigenvalue weighted by molar-refractivity contribution is -0.137. The third kappa shape index (κ3) is 2.35. The third-order valence-electron chi connectivity index (χ3n) is 2.27. The van der Waals surface area contributed by atoms with Crippen molar-refractivity contribution in [2.75, 3.05) is 5.73 Å². The maximum atomic E-state index is 12.4. The number of hydrogen-bond acceptors (Lipinski definition) is 3. The minimum atomic E-state index is -4.34. The molecule has 0 unspecified atom stereocenters. The van der Waals surface area contributed by atoms with Crippen LogP contribution < -0.4 is 5.73 Å². The largest absolute Gasteiger partial charge is 0.416 e. The number of hydrogen-bond donors (Lipinski definition) is 1. The molecule has 0 amide bonds. The molecule has 0 aliphatic rings. The third-order valence-corrected chi connectivity index (χ3v) is 2.27. The normalized spacial score (nSPS) is 11.5. The van der Waals surface area contributed by atoms with Gasteiger partial charge in [-0.2, -0.15) is 13.2 Å². The van der Waals surface area contributed by atoms with Crippen molar-refractivity contribution in [1.82, 2.24) is 9.97 Å². The van der Waals surface area contributed by atoms with Gasteiger partial charge in [0.15, 0.2) is 0 Å². The molecule has 2 N–H and O–H groups in total. The van der Waals surface area contributed by atoms with Crippen molar-refractivity contribution in [2.45, 2.75) is 6.18 Å². The zero-order valence-electron chi connectivity index (χ0n) is 8.57. The fraction of sp³-hybridized carbons (Fsp3) is 0.0909. The first kappa shape index (κ1) is 11.4. The fourth-order valence-corrected chi connectivity index (χ4v) is 1.40. The Labute approximate surface area is 95.1 Å². The molecular weight excluding hydrogens is 231 g/mol. The predicted molar refractivity (Wildman–Crippen MR) is 56.9 cm³/mol. The molecule has 88 valence electrons. The van der Waals surface area contributed by atoms with Gasteiger partial charge in [0.2, 0.25) is 0 Å². The van der Waals surface area contributed by atoms with E-state index in [2.05, 4.69) is 9.97 Å². The number of benzene rings is 1. The molecule has 1 aromatic heterocycles. The molecule has 0 saturated heterocycles. The Morgan fingerprint density at radius 2 is 1.71 bits per heavy atom. The molecule has 17 heavy (non-hydrogen) atoms. The molecule has 0 aliphatic heterocycles. The summed E-state index contributed by atoms with van der Waals surface area (Å²) in [6.07, 6.45) is -1.59. The van der Waals surface area contributed by atoms with Gasteiger partial charge >= 0.3 is 6.18 Å². The van der Waals surface area contributed by atoms with E-state index in [1.54, 1.807) is 0 Å². The number of aromatic nitrogens is 2. The average molecular weight is 239 g/mol. The van der Waals surface area contributed by atoms with Crippen molar-refractivity contribution in [3.05, 3.63) is 42.4 Å². The van der Waals surface area contributed by atoms with Gasteiger partial charge in [0.1, 0.15) is 12.1 Å². The van der Waals surface area contributed by atoms with Crippen LogP contribution in [0.1, 0.15) is 5.56 Å². The van der Waals surface area contributed by atoms with Crippen LogP contribution in [0.15, 0.2) is 36.8 Å². The van der Waals surface area contributed by atoms with Crippen LogP contribution in [-0.2, 0) is 6.18 Å². The lowest BCUT2D eigenvalue weighted by Gasteiger charge is -2.08. The van der Waals surface area contributed by atoms with Gasteiger partial charge < -0.3 is 5.73 Å². The van der Waals surface area contributed by atoms with E-state index in [4.69, 9.17) is 5.73 Å². The van der Waals surface area contributed by atoms with E-state index >= 15 is 0 Å². The second kappa shape index (κ2) is 4.04. The first-order valence-electron chi connectivity index (χ1n) is 4.71. The second-order valence-electron chi connectivity index (χ2n) is 3.40. The number of nitrogen functional groups attached to an aromatic ring is 1. The summed E-state index contributed by atoms with van der Waals surface area (Å²) in [6.45, 7) is 0. The fourth-order valence-electron chi connectivity index (χ4n) is 1.40. The van der Waals surface area contributed by atoms with E-state index in [9.17, 15) is 13.2 Å². The lowest BCUT2D eigenvalue weighted by atomic mass is 10.1. The molecular formula is C11H8F3N3. The first-order valence-corrected chi connectivity index (χ1v) is 4.71. The van der Waals surface area contributed by atoms with Crippen LogP contribution in [0.4, 0.5) is 19.0 Å². The topological polar surface area (TPSA) is 51.8 Å².